The van der Waals surface area contributed by atoms with E-state index in [0.29, 0.717) is 0 Å². The summed E-state index contributed by atoms with van der Waals surface area (Å²) >= 11 is 0. The van der Waals surface area contributed by atoms with Crippen LogP contribution in [0.5, 0.6) is 0 Å². The van der Waals surface area contributed by atoms with E-state index in [0.717, 1.165) is 29.8 Å². The molecule has 23 heavy (non-hydrogen) atoms. The molecular weight excluding hydrogens is 321 g/mol. The summed E-state index contributed by atoms with van der Waals surface area (Å²) < 4.78 is 39.3. The Morgan fingerprint density at radius 1 is 1.17 bits per heavy atom. The Morgan fingerprint density at radius 2 is 1.78 bits per heavy atom. The zero-order valence-corrected chi connectivity index (χ0v) is 13.2. The predicted molar refractivity (Wildman–Crippen MR) is 82.3 cm³/mol. The summed E-state index contributed by atoms with van der Waals surface area (Å²) in [6.07, 6.45) is 3.20. The fourth-order valence-electron chi connectivity index (χ4n) is 1.81. The van der Waals surface area contributed by atoms with Crippen LogP contribution in [0.25, 0.3) is 0 Å². The van der Waals surface area contributed by atoms with Crippen LogP contribution in [0.4, 0.5) is 4.39 Å². The fraction of sp³-hybridized carbons (Fsp3) is 0.200. The van der Waals surface area contributed by atoms with E-state index >= 15 is 0 Å². The molecule has 0 radical (unpaired) electrons. The fourth-order valence-corrected chi connectivity index (χ4v) is 3.01. The van der Waals surface area contributed by atoms with Crippen molar-refractivity contribution in [3.05, 3.63) is 60.2 Å². The number of hydrogen-bond acceptors (Lipinski definition) is 4. The molecule has 0 bridgehead atoms. The summed E-state index contributed by atoms with van der Waals surface area (Å²) in [7, 11) is -3.89. The number of rotatable bonds is 6. The first-order valence-electron chi connectivity index (χ1n) is 6.83. The van der Waals surface area contributed by atoms with Crippen molar-refractivity contribution in [1.29, 1.82) is 0 Å². The Kier molecular flexibility index (Phi) is 5.41. The van der Waals surface area contributed by atoms with Gasteiger partial charge in [0, 0.05) is 18.9 Å². The average molecular weight is 337 g/mol. The summed E-state index contributed by atoms with van der Waals surface area (Å²) in [5.41, 5.74) is 0.849. The Morgan fingerprint density at radius 3 is 2.39 bits per heavy atom. The molecule has 0 unspecified atom stereocenters. The van der Waals surface area contributed by atoms with Crippen molar-refractivity contribution in [3.63, 3.8) is 0 Å². The Hall–Kier alpha value is -2.32. The number of hydrogen-bond donors (Lipinski definition) is 2. The lowest BCUT2D eigenvalue weighted by Crippen LogP contribution is -2.44. The lowest BCUT2D eigenvalue weighted by atomic mass is 10.2. The smallest absolute Gasteiger partial charge is 0.241 e. The minimum absolute atomic E-state index is 0.104. The second-order valence-corrected chi connectivity index (χ2v) is 6.58. The molecule has 2 rings (SSSR count). The van der Waals surface area contributed by atoms with Gasteiger partial charge in [-0.2, -0.15) is 4.72 Å². The van der Waals surface area contributed by atoms with Crippen molar-refractivity contribution >= 4 is 15.9 Å². The molecule has 2 aromatic rings. The lowest BCUT2D eigenvalue weighted by Gasteiger charge is -2.14. The lowest BCUT2D eigenvalue weighted by molar-refractivity contribution is -0.122. The van der Waals surface area contributed by atoms with Crippen molar-refractivity contribution in [1.82, 2.24) is 15.0 Å². The summed E-state index contributed by atoms with van der Waals surface area (Å²) in [6, 6.07) is 6.89. The minimum Gasteiger partial charge on any atom is -0.351 e. The summed E-state index contributed by atoms with van der Waals surface area (Å²) in [4.78, 5) is 15.7. The van der Waals surface area contributed by atoms with Crippen molar-refractivity contribution in [2.24, 2.45) is 0 Å². The van der Waals surface area contributed by atoms with E-state index in [4.69, 9.17) is 0 Å². The van der Waals surface area contributed by atoms with E-state index in [9.17, 15) is 17.6 Å². The van der Waals surface area contributed by atoms with Gasteiger partial charge in [-0.05, 0) is 48.9 Å². The van der Waals surface area contributed by atoms with Crippen LogP contribution in [0.15, 0.2) is 53.7 Å². The first kappa shape index (κ1) is 17.0. The molecule has 0 aliphatic heterocycles. The van der Waals surface area contributed by atoms with Gasteiger partial charge in [0.25, 0.3) is 0 Å². The molecule has 0 saturated carbocycles. The highest BCUT2D eigenvalue weighted by molar-refractivity contribution is 7.89. The number of carbonyl (C=O) groups excluding carboxylic acids is 1. The van der Waals surface area contributed by atoms with Gasteiger partial charge in [0.1, 0.15) is 5.82 Å². The number of amides is 1. The van der Waals surface area contributed by atoms with Gasteiger partial charge in [-0.3, -0.25) is 9.78 Å². The zero-order chi connectivity index (χ0) is 16.9. The van der Waals surface area contributed by atoms with Crippen LogP contribution in [0.1, 0.15) is 12.5 Å². The SMILES string of the molecule is C[C@H](NS(=O)(=O)c1ccc(F)cc1)C(=O)NCc1ccncc1. The number of aromatic nitrogens is 1. The van der Waals surface area contributed by atoms with Gasteiger partial charge in [-0.25, -0.2) is 12.8 Å². The third-order valence-corrected chi connectivity index (χ3v) is 4.62. The number of halogens is 1. The molecule has 0 saturated heterocycles. The highest BCUT2D eigenvalue weighted by Gasteiger charge is 2.21. The molecule has 0 spiro atoms. The van der Waals surface area contributed by atoms with E-state index in [-0.39, 0.29) is 11.4 Å². The minimum atomic E-state index is -3.89. The number of carbonyl (C=O) groups is 1. The second kappa shape index (κ2) is 7.30. The third-order valence-electron chi connectivity index (χ3n) is 3.07. The maximum absolute atomic E-state index is 12.8. The molecule has 2 N–H and O–H groups in total. The van der Waals surface area contributed by atoms with E-state index in [1.807, 2.05) is 0 Å². The van der Waals surface area contributed by atoms with Crippen molar-refractivity contribution in [2.75, 3.05) is 0 Å². The van der Waals surface area contributed by atoms with Crippen molar-refractivity contribution in [2.45, 2.75) is 24.4 Å². The van der Waals surface area contributed by atoms with E-state index < -0.39 is 27.8 Å². The molecule has 1 aromatic heterocycles. The van der Waals surface area contributed by atoms with Gasteiger partial charge in [0.05, 0.1) is 10.9 Å². The standard InChI is InChI=1S/C15H16FN3O3S/c1-11(15(20)18-10-12-6-8-17-9-7-12)19-23(21,22)14-4-2-13(16)3-5-14/h2-9,11,19H,10H2,1H3,(H,18,20)/t11-/m0/s1. The van der Waals surface area contributed by atoms with Crippen LogP contribution >= 0.6 is 0 Å². The number of benzene rings is 1. The average Bonchev–Trinajstić information content (AvgIpc) is 2.53. The molecule has 122 valence electrons. The quantitative estimate of drug-likeness (QED) is 0.829. The number of nitrogens with one attached hydrogen (secondary N) is 2. The van der Waals surface area contributed by atoms with Crippen LogP contribution < -0.4 is 10.0 Å². The molecule has 1 heterocycles. The third kappa shape index (κ3) is 4.83. The van der Waals surface area contributed by atoms with Crippen LogP contribution in [0.2, 0.25) is 0 Å². The van der Waals surface area contributed by atoms with E-state index in [1.165, 1.54) is 6.92 Å². The summed E-state index contributed by atoms with van der Waals surface area (Å²) in [5.74, 6) is -1.00. The van der Waals surface area contributed by atoms with Crippen LogP contribution in [0.3, 0.4) is 0 Å². The highest BCUT2D eigenvalue weighted by atomic mass is 32.2. The Bertz CT molecular complexity index is 764. The van der Waals surface area contributed by atoms with Crippen LogP contribution in [-0.4, -0.2) is 25.4 Å². The first-order valence-corrected chi connectivity index (χ1v) is 8.31. The molecule has 0 aliphatic rings. The van der Waals surface area contributed by atoms with Gasteiger partial charge in [-0.1, -0.05) is 0 Å². The highest BCUT2D eigenvalue weighted by Crippen LogP contribution is 2.10. The maximum atomic E-state index is 12.8. The van der Waals surface area contributed by atoms with Crippen LogP contribution in [-0.2, 0) is 21.4 Å². The second-order valence-electron chi connectivity index (χ2n) is 4.87. The zero-order valence-electron chi connectivity index (χ0n) is 12.4. The topological polar surface area (TPSA) is 88.2 Å². The molecule has 1 atom stereocenters. The molecule has 1 aromatic carbocycles. The van der Waals surface area contributed by atoms with E-state index in [2.05, 4.69) is 15.0 Å². The maximum Gasteiger partial charge on any atom is 0.241 e. The predicted octanol–water partition coefficient (Wildman–Crippen LogP) is 1.20. The number of sulfonamides is 1. The largest absolute Gasteiger partial charge is 0.351 e. The van der Waals surface area contributed by atoms with Gasteiger partial charge >= 0.3 is 0 Å². The molecule has 1 amide bonds. The summed E-state index contributed by atoms with van der Waals surface area (Å²) in [5, 5.41) is 2.63. The molecule has 6 nitrogen and oxygen atoms in total. The van der Waals surface area contributed by atoms with E-state index in [1.54, 1.807) is 24.5 Å². The molecule has 8 heteroatoms. The monoisotopic (exact) mass is 337 g/mol. The van der Waals surface area contributed by atoms with Crippen molar-refractivity contribution < 1.29 is 17.6 Å². The Balaban J connectivity index is 1.96. The normalized spacial score (nSPS) is 12.6. The van der Waals surface area contributed by atoms with Gasteiger partial charge < -0.3 is 5.32 Å². The Labute approximate surface area is 133 Å². The van der Waals surface area contributed by atoms with Crippen LogP contribution in [0, 0.1) is 5.82 Å². The summed E-state index contributed by atoms with van der Waals surface area (Å²) in [6.45, 7) is 1.70. The van der Waals surface area contributed by atoms with Gasteiger partial charge in [0.2, 0.25) is 15.9 Å². The number of pyridine rings is 1. The number of nitrogens with zero attached hydrogens (tertiary/aromatic N) is 1. The van der Waals surface area contributed by atoms with Gasteiger partial charge in [-0.15, -0.1) is 0 Å². The first-order chi connectivity index (χ1) is 10.9. The molecule has 0 aliphatic carbocycles. The molecular formula is C15H16FN3O3S. The van der Waals surface area contributed by atoms with Gasteiger partial charge in [0.15, 0.2) is 0 Å². The molecule has 0 fully saturated rings. The van der Waals surface area contributed by atoms with Crippen molar-refractivity contribution in [3.8, 4) is 0 Å².